The van der Waals surface area contributed by atoms with Gasteiger partial charge in [-0.05, 0) is 25.2 Å². The number of amides is 1. The molecule has 5 nitrogen and oxygen atoms in total. The van der Waals surface area contributed by atoms with Gasteiger partial charge in [-0.1, -0.05) is 12.8 Å². The van der Waals surface area contributed by atoms with Crippen LogP contribution in [0.4, 0.5) is 0 Å². The topological polar surface area (TPSA) is 86.8 Å². The Morgan fingerprint density at radius 2 is 2.12 bits per heavy atom. The molecule has 4 N–H and O–H groups in total. The van der Waals surface area contributed by atoms with Crippen LogP contribution in [0, 0.1) is 5.92 Å². The summed E-state index contributed by atoms with van der Waals surface area (Å²) < 4.78 is 0. The molecule has 2 aliphatic rings. The van der Waals surface area contributed by atoms with Crippen LogP contribution in [-0.2, 0) is 4.79 Å². The van der Waals surface area contributed by atoms with Crippen LogP contribution >= 0.6 is 0 Å². The SMILES string of the molecule is NC(CC1CC1)C(=O)N1CCCC1B(O)O. The minimum Gasteiger partial charge on any atom is -0.426 e. The molecule has 2 atom stereocenters. The van der Waals surface area contributed by atoms with Crippen molar-refractivity contribution >= 4 is 13.0 Å². The average Bonchev–Trinajstić information content (AvgIpc) is 2.91. The van der Waals surface area contributed by atoms with Crippen LogP contribution in [0.1, 0.15) is 32.1 Å². The molecule has 0 aromatic heterocycles. The molecule has 90 valence electrons. The first kappa shape index (κ1) is 11.9. The molecule has 2 fully saturated rings. The summed E-state index contributed by atoms with van der Waals surface area (Å²) in [6.45, 7) is 0.597. The van der Waals surface area contributed by atoms with E-state index in [1.54, 1.807) is 0 Å². The number of rotatable bonds is 4. The third-order valence-electron chi connectivity index (χ3n) is 3.53. The van der Waals surface area contributed by atoms with Crippen molar-refractivity contribution in [2.24, 2.45) is 11.7 Å². The Balaban J connectivity index is 1.91. The molecule has 1 aliphatic carbocycles. The highest BCUT2D eigenvalue weighted by atomic mass is 16.4. The number of likely N-dealkylation sites (tertiary alicyclic amines) is 1. The van der Waals surface area contributed by atoms with Crippen LogP contribution in [0.15, 0.2) is 0 Å². The fourth-order valence-corrected chi connectivity index (χ4v) is 2.40. The Labute approximate surface area is 95.8 Å². The van der Waals surface area contributed by atoms with Crippen molar-refractivity contribution in [3.8, 4) is 0 Å². The van der Waals surface area contributed by atoms with E-state index in [1.807, 2.05) is 0 Å². The standard InChI is InChI=1S/C10H19BN2O3/c12-8(6-7-3-4-7)10(14)13-5-1-2-9(13)11(15)16/h7-9,15-16H,1-6,12H2. The molecule has 1 aliphatic heterocycles. The first-order chi connectivity index (χ1) is 7.59. The summed E-state index contributed by atoms with van der Waals surface area (Å²) in [5.41, 5.74) is 5.85. The zero-order chi connectivity index (χ0) is 11.7. The summed E-state index contributed by atoms with van der Waals surface area (Å²) in [6.07, 6.45) is 4.56. The largest absolute Gasteiger partial charge is 0.475 e. The Morgan fingerprint density at radius 1 is 1.44 bits per heavy atom. The van der Waals surface area contributed by atoms with Gasteiger partial charge in [0.05, 0.1) is 12.0 Å². The Morgan fingerprint density at radius 3 is 2.69 bits per heavy atom. The lowest BCUT2D eigenvalue weighted by atomic mass is 9.77. The van der Waals surface area contributed by atoms with Gasteiger partial charge in [0.1, 0.15) is 0 Å². The third-order valence-corrected chi connectivity index (χ3v) is 3.53. The van der Waals surface area contributed by atoms with Crippen LogP contribution < -0.4 is 5.73 Å². The molecule has 0 spiro atoms. The first-order valence-electron chi connectivity index (χ1n) is 6.02. The maximum absolute atomic E-state index is 12.0. The number of hydrogen-bond acceptors (Lipinski definition) is 4. The lowest BCUT2D eigenvalue weighted by Crippen LogP contribution is -2.51. The monoisotopic (exact) mass is 226 g/mol. The highest BCUT2D eigenvalue weighted by Crippen LogP contribution is 2.33. The maximum atomic E-state index is 12.0. The van der Waals surface area contributed by atoms with Crippen molar-refractivity contribution in [2.75, 3.05) is 6.54 Å². The van der Waals surface area contributed by atoms with Gasteiger partial charge in [0.15, 0.2) is 0 Å². The predicted molar refractivity (Wildman–Crippen MR) is 60.2 cm³/mol. The molecule has 0 radical (unpaired) electrons. The highest BCUT2D eigenvalue weighted by Gasteiger charge is 2.39. The molecular formula is C10H19BN2O3. The van der Waals surface area contributed by atoms with Crippen LogP contribution in [-0.4, -0.2) is 46.5 Å². The summed E-state index contributed by atoms with van der Waals surface area (Å²) in [4.78, 5) is 13.5. The Kier molecular flexibility index (Phi) is 3.52. The van der Waals surface area contributed by atoms with Crippen molar-refractivity contribution in [1.82, 2.24) is 4.90 Å². The summed E-state index contributed by atoms with van der Waals surface area (Å²) in [5, 5.41) is 18.3. The molecule has 0 aromatic carbocycles. The van der Waals surface area contributed by atoms with E-state index in [-0.39, 0.29) is 5.91 Å². The molecule has 1 saturated heterocycles. The van der Waals surface area contributed by atoms with Crippen molar-refractivity contribution in [2.45, 2.75) is 44.1 Å². The lowest BCUT2D eigenvalue weighted by Gasteiger charge is -2.26. The molecule has 1 amide bonds. The molecule has 0 aromatic rings. The molecule has 2 rings (SSSR count). The number of hydrogen-bond donors (Lipinski definition) is 3. The fourth-order valence-electron chi connectivity index (χ4n) is 2.40. The van der Waals surface area contributed by atoms with Gasteiger partial charge in [-0.25, -0.2) is 0 Å². The molecule has 2 unspecified atom stereocenters. The van der Waals surface area contributed by atoms with Gasteiger partial charge in [0.2, 0.25) is 5.91 Å². The average molecular weight is 226 g/mol. The molecule has 16 heavy (non-hydrogen) atoms. The quantitative estimate of drug-likeness (QED) is 0.543. The van der Waals surface area contributed by atoms with E-state index in [2.05, 4.69) is 0 Å². The smallest absolute Gasteiger partial charge is 0.426 e. The number of nitrogens with two attached hydrogens (primary N) is 1. The van der Waals surface area contributed by atoms with Gasteiger partial charge in [-0.3, -0.25) is 4.79 Å². The summed E-state index contributed by atoms with van der Waals surface area (Å²) >= 11 is 0. The van der Waals surface area contributed by atoms with Crippen molar-refractivity contribution in [3.05, 3.63) is 0 Å². The van der Waals surface area contributed by atoms with Gasteiger partial charge in [-0.15, -0.1) is 0 Å². The van der Waals surface area contributed by atoms with Crippen LogP contribution in [0.2, 0.25) is 0 Å². The minimum atomic E-state index is -1.44. The number of nitrogens with zero attached hydrogens (tertiary/aromatic N) is 1. The van der Waals surface area contributed by atoms with Crippen molar-refractivity contribution < 1.29 is 14.8 Å². The Hall–Kier alpha value is -0.585. The highest BCUT2D eigenvalue weighted by molar-refractivity contribution is 6.43. The van der Waals surface area contributed by atoms with Crippen LogP contribution in [0.25, 0.3) is 0 Å². The number of carbonyl (C=O) groups is 1. The fraction of sp³-hybridized carbons (Fsp3) is 0.900. The molecule has 1 heterocycles. The van der Waals surface area contributed by atoms with E-state index in [1.165, 1.54) is 17.7 Å². The van der Waals surface area contributed by atoms with Crippen LogP contribution in [0.3, 0.4) is 0 Å². The Bertz CT molecular complexity index is 271. The molecule has 0 bridgehead atoms. The molecular weight excluding hydrogens is 207 g/mol. The van der Waals surface area contributed by atoms with E-state index in [0.717, 1.165) is 12.8 Å². The van der Waals surface area contributed by atoms with E-state index >= 15 is 0 Å². The molecule has 6 heteroatoms. The predicted octanol–water partition coefficient (Wildman–Crippen LogP) is -0.883. The zero-order valence-electron chi connectivity index (χ0n) is 9.38. The first-order valence-corrected chi connectivity index (χ1v) is 6.02. The van der Waals surface area contributed by atoms with Gasteiger partial charge >= 0.3 is 7.12 Å². The molecule has 1 saturated carbocycles. The maximum Gasteiger partial charge on any atom is 0.475 e. The van der Waals surface area contributed by atoms with Gasteiger partial charge in [0.25, 0.3) is 0 Å². The van der Waals surface area contributed by atoms with E-state index in [9.17, 15) is 4.79 Å². The van der Waals surface area contributed by atoms with Crippen molar-refractivity contribution in [3.63, 3.8) is 0 Å². The number of carbonyl (C=O) groups excluding carboxylic acids is 1. The van der Waals surface area contributed by atoms with Gasteiger partial charge in [0, 0.05) is 6.54 Å². The van der Waals surface area contributed by atoms with E-state index < -0.39 is 19.1 Å². The zero-order valence-corrected chi connectivity index (χ0v) is 9.38. The third kappa shape index (κ3) is 2.56. The van der Waals surface area contributed by atoms with Crippen LogP contribution in [0.5, 0.6) is 0 Å². The minimum absolute atomic E-state index is 0.123. The second kappa shape index (κ2) is 4.73. The van der Waals surface area contributed by atoms with E-state index in [0.29, 0.717) is 18.9 Å². The summed E-state index contributed by atoms with van der Waals surface area (Å²) in [7, 11) is -1.44. The second-order valence-electron chi connectivity index (χ2n) is 4.94. The van der Waals surface area contributed by atoms with Crippen molar-refractivity contribution in [1.29, 1.82) is 0 Å². The van der Waals surface area contributed by atoms with E-state index in [4.69, 9.17) is 15.8 Å². The second-order valence-corrected chi connectivity index (χ2v) is 4.94. The summed E-state index contributed by atoms with van der Waals surface area (Å²) in [5.74, 6) is 0.0271. The lowest BCUT2D eigenvalue weighted by molar-refractivity contribution is -0.132. The van der Waals surface area contributed by atoms with Gasteiger partial charge in [-0.2, -0.15) is 0 Å². The normalized spacial score (nSPS) is 26.9. The summed E-state index contributed by atoms with van der Waals surface area (Å²) in [6, 6.07) is -0.466. The van der Waals surface area contributed by atoms with Gasteiger partial charge < -0.3 is 20.7 Å².